The summed E-state index contributed by atoms with van der Waals surface area (Å²) in [7, 11) is 1.48. The Kier molecular flexibility index (Phi) is 4.31. The van der Waals surface area contributed by atoms with Crippen LogP contribution in [0.3, 0.4) is 0 Å². The maximum Gasteiger partial charge on any atom is 0.437 e. The summed E-state index contributed by atoms with van der Waals surface area (Å²) in [4.78, 5) is 12.4. The first-order valence-corrected chi connectivity index (χ1v) is 8.00. The monoisotopic (exact) mass is 402 g/mol. The van der Waals surface area contributed by atoms with E-state index < -0.39 is 17.4 Å². The molecule has 0 unspecified atom stereocenters. The van der Waals surface area contributed by atoms with Crippen LogP contribution in [0.2, 0.25) is 0 Å². The second-order valence-corrected chi connectivity index (χ2v) is 6.22. The third-order valence-corrected chi connectivity index (χ3v) is 4.90. The Morgan fingerprint density at radius 1 is 1.43 bits per heavy atom. The van der Waals surface area contributed by atoms with E-state index in [1.165, 1.54) is 30.6 Å². The van der Waals surface area contributed by atoms with Crippen molar-refractivity contribution >= 4 is 27.3 Å². The van der Waals surface area contributed by atoms with E-state index in [1.54, 1.807) is 5.38 Å². The van der Waals surface area contributed by atoms with Crippen molar-refractivity contribution in [1.82, 2.24) is 9.78 Å². The molecule has 0 radical (unpaired) electrons. The van der Waals surface area contributed by atoms with Crippen molar-refractivity contribution in [1.29, 1.82) is 0 Å². The Morgan fingerprint density at radius 3 is 2.96 bits per heavy atom. The van der Waals surface area contributed by atoms with Gasteiger partial charge in [-0.3, -0.25) is 0 Å². The van der Waals surface area contributed by atoms with Gasteiger partial charge in [-0.2, -0.15) is 4.68 Å². The van der Waals surface area contributed by atoms with Crippen LogP contribution < -0.4 is 10.5 Å². The molecule has 0 saturated carbocycles. The van der Waals surface area contributed by atoms with Crippen LogP contribution in [-0.4, -0.2) is 16.9 Å². The molecule has 0 N–H and O–H groups in total. The van der Waals surface area contributed by atoms with Crippen molar-refractivity contribution in [3.8, 4) is 16.5 Å². The molecular weight excluding hydrogens is 394 g/mol. The van der Waals surface area contributed by atoms with Gasteiger partial charge in [-0.1, -0.05) is 12.1 Å². The molecule has 0 spiro atoms. The van der Waals surface area contributed by atoms with Gasteiger partial charge in [-0.25, -0.2) is 13.6 Å². The molecule has 120 valence electrons. The first-order valence-electron chi connectivity index (χ1n) is 6.33. The molecule has 3 rings (SSSR count). The quantitative estimate of drug-likeness (QED) is 0.667. The predicted octanol–water partition coefficient (Wildman–Crippen LogP) is 3.66. The van der Waals surface area contributed by atoms with Crippen molar-refractivity contribution in [2.75, 3.05) is 7.11 Å². The molecule has 0 atom stereocenters. The lowest BCUT2D eigenvalue weighted by molar-refractivity contribution is 0.413. The highest BCUT2D eigenvalue weighted by molar-refractivity contribution is 9.10. The minimum Gasteiger partial charge on any atom is -0.494 e. The van der Waals surface area contributed by atoms with Crippen molar-refractivity contribution in [3.05, 3.63) is 55.8 Å². The maximum atomic E-state index is 13.7. The highest BCUT2D eigenvalue weighted by Crippen LogP contribution is 2.40. The average molecular weight is 403 g/mol. The smallest absolute Gasteiger partial charge is 0.437 e. The van der Waals surface area contributed by atoms with Gasteiger partial charge in [0.05, 0.1) is 18.1 Å². The summed E-state index contributed by atoms with van der Waals surface area (Å²) in [5, 5.41) is 5.79. The van der Waals surface area contributed by atoms with E-state index in [0.29, 0.717) is 15.1 Å². The summed E-state index contributed by atoms with van der Waals surface area (Å²) in [5.41, 5.74) is 0.00581. The van der Waals surface area contributed by atoms with E-state index in [0.717, 1.165) is 10.7 Å². The molecular formula is C14H9BrF2N2O3S. The van der Waals surface area contributed by atoms with Gasteiger partial charge >= 0.3 is 5.76 Å². The van der Waals surface area contributed by atoms with Crippen LogP contribution in [0.4, 0.5) is 8.78 Å². The molecule has 0 amide bonds. The highest BCUT2D eigenvalue weighted by atomic mass is 79.9. The van der Waals surface area contributed by atoms with E-state index in [4.69, 9.17) is 9.15 Å². The van der Waals surface area contributed by atoms with Crippen LogP contribution >= 0.6 is 27.3 Å². The standard InChI is InChI=1S/C14H9BrF2N2O3S/c1-21-11-8(15)6-23-12(11)13-18-19(14(20)22-13)5-7-3-2-4-9(16)10(7)17/h2-4,6H,5H2,1H3. The van der Waals surface area contributed by atoms with Crippen molar-refractivity contribution < 1.29 is 17.9 Å². The Hall–Kier alpha value is -2.00. The summed E-state index contributed by atoms with van der Waals surface area (Å²) in [6.45, 7) is -0.235. The fourth-order valence-corrected chi connectivity index (χ4v) is 3.58. The van der Waals surface area contributed by atoms with Gasteiger partial charge in [0.1, 0.15) is 4.88 Å². The molecule has 0 bridgehead atoms. The Bertz CT molecular complexity index is 919. The number of hydrogen-bond acceptors (Lipinski definition) is 5. The summed E-state index contributed by atoms with van der Waals surface area (Å²) in [6.07, 6.45) is 0. The van der Waals surface area contributed by atoms with Gasteiger partial charge < -0.3 is 9.15 Å². The number of thiophene rings is 1. The van der Waals surface area contributed by atoms with Crippen LogP contribution in [0.1, 0.15) is 5.56 Å². The Morgan fingerprint density at radius 2 is 2.22 bits per heavy atom. The molecule has 23 heavy (non-hydrogen) atoms. The SMILES string of the molecule is COc1c(Br)csc1-c1nn(Cc2cccc(F)c2F)c(=O)o1. The number of methoxy groups -OCH3 is 1. The molecule has 0 aliphatic rings. The zero-order chi connectivity index (χ0) is 16.6. The number of hydrogen-bond donors (Lipinski definition) is 0. The normalized spacial score (nSPS) is 11.0. The zero-order valence-electron chi connectivity index (χ0n) is 11.7. The third kappa shape index (κ3) is 2.93. The second kappa shape index (κ2) is 6.25. The molecule has 0 fully saturated rings. The molecule has 0 aliphatic heterocycles. The summed E-state index contributed by atoms with van der Waals surface area (Å²) >= 11 is 4.58. The van der Waals surface area contributed by atoms with E-state index in [2.05, 4.69) is 21.0 Å². The fraction of sp³-hybridized carbons (Fsp3) is 0.143. The number of rotatable bonds is 4. The zero-order valence-corrected chi connectivity index (χ0v) is 14.1. The molecule has 1 aromatic carbocycles. The summed E-state index contributed by atoms with van der Waals surface area (Å²) < 4.78 is 38.9. The number of benzene rings is 1. The maximum absolute atomic E-state index is 13.7. The lowest BCUT2D eigenvalue weighted by Gasteiger charge is -2.02. The van der Waals surface area contributed by atoms with Gasteiger partial charge in [-0.15, -0.1) is 16.4 Å². The van der Waals surface area contributed by atoms with Crippen molar-refractivity contribution in [2.45, 2.75) is 6.54 Å². The van der Waals surface area contributed by atoms with Gasteiger partial charge in [0, 0.05) is 10.9 Å². The summed E-state index contributed by atoms with van der Waals surface area (Å²) in [6, 6.07) is 3.74. The topological polar surface area (TPSA) is 57.3 Å². The number of nitrogens with zero attached hydrogens (tertiary/aromatic N) is 2. The summed E-state index contributed by atoms with van der Waals surface area (Å²) in [5.74, 6) is -2.22. The number of aromatic nitrogens is 2. The van der Waals surface area contributed by atoms with Crippen LogP contribution in [0.5, 0.6) is 5.75 Å². The molecule has 0 aliphatic carbocycles. The van der Waals surface area contributed by atoms with Gasteiger partial charge in [0.25, 0.3) is 5.89 Å². The van der Waals surface area contributed by atoms with Gasteiger partial charge in [0.2, 0.25) is 0 Å². The second-order valence-electron chi connectivity index (χ2n) is 4.49. The highest BCUT2D eigenvalue weighted by Gasteiger charge is 2.20. The minimum absolute atomic E-state index is 0.00581. The Balaban J connectivity index is 1.98. The van der Waals surface area contributed by atoms with E-state index in [-0.39, 0.29) is 18.0 Å². The predicted molar refractivity (Wildman–Crippen MR) is 83.8 cm³/mol. The lowest BCUT2D eigenvalue weighted by atomic mass is 10.2. The van der Waals surface area contributed by atoms with Crippen LogP contribution in [-0.2, 0) is 6.54 Å². The Labute approximate surface area is 141 Å². The largest absolute Gasteiger partial charge is 0.494 e. The third-order valence-electron chi connectivity index (χ3n) is 3.06. The molecule has 3 aromatic rings. The molecule has 2 heterocycles. The molecule has 2 aromatic heterocycles. The van der Waals surface area contributed by atoms with Crippen molar-refractivity contribution in [2.24, 2.45) is 0 Å². The number of ether oxygens (including phenoxy) is 1. The lowest BCUT2D eigenvalue weighted by Crippen LogP contribution is -2.17. The van der Waals surface area contributed by atoms with E-state index in [1.807, 2.05) is 0 Å². The molecule has 9 heteroatoms. The molecule has 0 saturated heterocycles. The van der Waals surface area contributed by atoms with Crippen LogP contribution in [0.25, 0.3) is 10.8 Å². The van der Waals surface area contributed by atoms with Crippen LogP contribution in [0.15, 0.2) is 37.3 Å². The van der Waals surface area contributed by atoms with Gasteiger partial charge in [0.15, 0.2) is 17.4 Å². The van der Waals surface area contributed by atoms with Crippen molar-refractivity contribution in [3.63, 3.8) is 0 Å². The van der Waals surface area contributed by atoms with Gasteiger partial charge in [-0.05, 0) is 22.0 Å². The fourth-order valence-electron chi connectivity index (χ4n) is 1.99. The first kappa shape index (κ1) is 15.9. The van der Waals surface area contributed by atoms with E-state index >= 15 is 0 Å². The van der Waals surface area contributed by atoms with E-state index in [9.17, 15) is 13.6 Å². The first-order chi connectivity index (χ1) is 11.0. The number of halogens is 3. The minimum atomic E-state index is -1.01. The molecule has 5 nitrogen and oxygen atoms in total. The average Bonchev–Trinajstić information content (AvgIpc) is 3.07. The van der Waals surface area contributed by atoms with Crippen LogP contribution in [0, 0.1) is 11.6 Å².